The van der Waals surface area contributed by atoms with Gasteiger partial charge in [0.1, 0.15) is 12.4 Å². The number of ether oxygens (including phenoxy) is 1. The third-order valence-corrected chi connectivity index (χ3v) is 5.73. The summed E-state index contributed by atoms with van der Waals surface area (Å²) in [7, 11) is 0. The second-order valence-electron chi connectivity index (χ2n) is 7.25. The van der Waals surface area contributed by atoms with E-state index in [9.17, 15) is 4.79 Å². The number of nitrogens with zero attached hydrogens (tertiary/aromatic N) is 4. The lowest BCUT2D eigenvalue weighted by atomic mass is 10.1. The first kappa shape index (κ1) is 21.5. The zero-order chi connectivity index (χ0) is 20.8. The largest absolute Gasteiger partial charge is 0.368 e. The number of hydrogen-bond donors (Lipinski definition) is 0. The summed E-state index contributed by atoms with van der Waals surface area (Å²) in [5.74, 6) is 0.958. The molecule has 7 heteroatoms. The molecule has 3 rings (SSSR count). The van der Waals surface area contributed by atoms with Crippen LogP contribution < -0.4 is 4.90 Å². The van der Waals surface area contributed by atoms with Crippen LogP contribution in [-0.4, -0.2) is 59.7 Å². The molecule has 1 saturated heterocycles. The van der Waals surface area contributed by atoms with Gasteiger partial charge in [-0.25, -0.2) is 4.98 Å². The Balaban J connectivity index is 1.61. The minimum Gasteiger partial charge on any atom is -0.368 e. The zero-order valence-corrected chi connectivity index (χ0v) is 18.2. The second kappa shape index (κ2) is 10.0. The molecule has 0 unspecified atom stereocenters. The Kier molecular flexibility index (Phi) is 7.45. The third kappa shape index (κ3) is 5.25. The number of aryl methyl sites for hydroxylation is 1. The molecule has 1 amide bonds. The summed E-state index contributed by atoms with van der Waals surface area (Å²) in [5, 5.41) is 0.601. The molecule has 0 saturated carbocycles. The number of pyridine rings is 2. The van der Waals surface area contributed by atoms with E-state index < -0.39 is 0 Å². The van der Waals surface area contributed by atoms with Gasteiger partial charge < -0.3 is 14.5 Å². The first-order chi connectivity index (χ1) is 14.0. The zero-order valence-electron chi connectivity index (χ0n) is 17.4. The van der Waals surface area contributed by atoms with Crippen LogP contribution in [0.2, 0.25) is 5.02 Å². The predicted molar refractivity (Wildman–Crippen MR) is 116 cm³/mol. The number of rotatable bonds is 7. The van der Waals surface area contributed by atoms with E-state index in [1.807, 2.05) is 39.0 Å². The number of hydrogen-bond acceptors (Lipinski definition) is 5. The quantitative estimate of drug-likeness (QED) is 0.683. The maximum absolute atomic E-state index is 12.1. The van der Waals surface area contributed by atoms with Crippen molar-refractivity contribution in [3.05, 3.63) is 41.2 Å². The van der Waals surface area contributed by atoms with Crippen LogP contribution in [0.25, 0.3) is 11.3 Å². The first-order valence-corrected chi connectivity index (χ1v) is 10.6. The van der Waals surface area contributed by atoms with Gasteiger partial charge in [-0.1, -0.05) is 17.7 Å². The number of carbonyl (C=O) groups is 1. The molecular formula is C22H29ClN4O2. The Labute approximate surface area is 177 Å². The molecule has 6 nitrogen and oxygen atoms in total. The summed E-state index contributed by atoms with van der Waals surface area (Å²) in [6.45, 7) is 9.27. The van der Waals surface area contributed by atoms with E-state index in [0.29, 0.717) is 5.02 Å². The molecule has 29 heavy (non-hydrogen) atoms. The molecule has 2 aromatic rings. The first-order valence-electron chi connectivity index (χ1n) is 10.2. The van der Waals surface area contributed by atoms with Gasteiger partial charge >= 0.3 is 0 Å². The van der Waals surface area contributed by atoms with E-state index in [4.69, 9.17) is 16.3 Å². The van der Waals surface area contributed by atoms with Gasteiger partial charge in [0.05, 0.1) is 16.8 Å². The highest BCUT2D eigenvalue weighted by Crippen LogP contribution is 2.31. The molecule has 156 valence electrons. The van der Waals surface area contributed by atoms with Gasteiger partial charge in [-0.05, 0) is 51.3 Å². The minimum atomic E-state index is 0.0622. The highest BCUT2D eigenvalue weighted by atomic mass is 35.5. The fraction of sp³-hybridized carbons (Fsp3) is 0.500. The normalized spacial score (nSPS) is 14.8. The molecule has 0 atom stereocenters. The smallest absolute Gasteiger partial charge is 0.248 e. The van der Waals surface area contributed by atoms with Gasteiger partial charge in [0, 0.05) is 44.1 Å². The average Bonchev–Trinajstić information content (AvgIpc) is 2.74. The molecule has 1 aliphatic heterocycles. The molecule has 1 fully saturated rings. The number of carbonyl (C=O) groups excluding carboxylic acids is 1. The van der Waals surface area contributed by atoms with Crippen molar-refractivity contribution in [2.24, 2.45) is 0 Å². The molecule has 0 aromatic carbocycles. The van der Waals surface area contributed by atoms with E-state index in [1.165, 1.54) is 0 Å². The Morgan fingerprint density at radius 3 is 2.66 bits per heavy atom. The fourth-order valence-electron chi connectivity index (χ4n) is 3.66. The van der Waals surface area contributed by atoms with Crippen LogP contribution in [-0.2, 0) is 9.53 Å². The van der Waals surface area contributed by atoms with Crippen LogP contribution in [0.4, 0.5) is 5.82 Å². The number of aromatic nitrogens is 2. The Morgan fingerprint density at radius 1 is 1.28 bits per heavy atom. The number of amides is 1. The van der Waals surface area contributed by atoms with Crippen molar-refractivity contribution < 1.29 is 9.53 Å². The van der Waals surface area contributed by atoms with Crippen LogP contribution in [0.1, 0.15) is 32.3 Å². The lowest BCUT2D eigenvalue weighted by Gasteiger charge is -2.33. The van der Waals surface area contributed by atoms with Crippen LogP contribution in [0.5, 0.6) is 0 Å². The predicted octanol–water partition coefficient (Wildman–Crippen LogP) is 3.96. The van der Waals surface area contributed by atoms with Gasteiger partial charge in [0.25, 0.3) is 0 Å². The van der Waals surface area contributed by atoms with Crippen LogP contribution in [0.15, 0.2) is 30.6 Å². The number of halogens is 1. The highest BCUT2D eigenvalue weighted by molar-refractivity contribution is 6.33. The monoisotopic (exact) mass is 416 g/mol. The summed E-state index contributed by atoms with van der Waals surface area (Å²) in [6.07, 6.45) is 5.32. The van der Waals surface area contributed by atoms with E-state index in [0.717, 1.165) is 61.7 Å². The molecule has 2 aromatic heterocycles. The van der Waals surface area contributed by atoms with Crippen molar-refractivity contribution in [3.8, 4) is 11.3 Å². The van der Waals surface area contributed by atoms with Crippen molar-refractivity contribution in [2.45, 2.75) is 39.7 Å². The van der Waals surface area contributed by atoms with Crippen LogP contribution in [0.3, 0.4) is 0 Å². The van der Waals surface area contributed by atoms with Crippen molar-refractivity contribution in [3.63, 3.8) is 0 Å². The highest BCUT2D eigenvalue weighted by Gasteiger charge is 2.23. The van der Waals surface area contributed by atoms with Gasteiger partial charge in [0.15, 0.2) is 0 Å². The summed E-state index contributed by atoms with van der Waals surface area (Å²) < 4.78 is 5.87. The van der Waals surface area contributed by atoms with Crippen molar-refractivity contribution in [1.29, 1.82) is 0 Å². The van der Waals surface area contributed by atoms with Crippen LogP contribution >= 0.6 is 11.6 Å². The summed E-state index contributed by atoms with van der Waals surface area (Å²) in [4.78, 5) is 25.2. The molecule has 0 bridgehead atoms. The molecular weight excluding hydrogens is 388 g/mol. The maximum Gasteiger partial charge on any atom is 0.248 e. The van der Waals surface area contributed by atoms with Gasteiger partial charge in [0.2, 0.25) is 5.91 Å². The van der Waals surface area contributed by atoms with E-state index in [-0.39, 0.29) is 18.6 Å². The van der Waals surface area contributed by atoms with Crippen molar-refractivity contribution in [1.82, 2.24) is 14.9 Å². The standard InChI is InChI=1S/C22H29ClN4O2/c1-4-26(5-2)21(28)15-29-17-8-11-27(12-9-17)20-13-18(19(23)14-25-20)22-16(3)7-6-10-24-22/h6-7,10,13-14,17H,4-5,8-9,11-12,15H2,1-3H3. The van der Waals surface area contributed by atoms with E-state index in [2.05, 4.69) is 14.9 Å². The maximum atomic E-state index is 12.1. The van der Waals surface area contributed by atoms with E-state index in [1.54, 1.807) is 17.3 Å². The fourth-order valence-corrected chi connectivity index (χ4v) is 3.85. The third-order valence-electron chi connectivity index (χ3n) is 5.43. The van der Waals surface area contributed by atoms with Crippen LogP contribution in [0, 0.1) is 6.92 Å². The van der Waals surface area contributed by atoms with Gasteiger partial charge in [-0.3, -0.25) is 9.78 Å². The lowest BCUT2D eigenvalue weighted by Crippen LogP contribution is -2.40. The topological polar surface area (TPSA) is 58.6 Å². The lowest BCUT2D eigenvalue weighted by molar-refractivity contribution is -0.138. The summed E-state index contributed by atoms with van der Waals surface area (Å²) in [6, 6.07) is 5.97. The molecule has 0 radical (unpaired) electrons. The Morgan fingerprint density at radius 2 is 2.00 bits per heavy atom. The summed E-state index contributed by atoms with van der Waals surface area (Å²) in [5.41, 5.74) is 2.86. The number of piperidine rings is 1. The van der Waals surface area contributed by atoms with E-state index >= 15 is 0 Å². The average molecular weight is 417 g/mol. The van der Waals surface area contributed by atoms with Crippen molar-refractivity contribution in [2.75, 3.05) is 37.7 Å². The number of likely N-dealkylation sites (N-methyl/N-ethyl adjacent to an activating group) is 1. The number of anilines is 1. The van der Waals surface area contributed by atoms with Gasteiger partial charge in [-0.2, -0.15) is 0 Å². The van der Waals surface area contributed by atoms with Crippen molar-refractivity contribution >= 4 is 23.3 Å². The Bertz CT molecular complexity index is 833. The molecule has 1 aliphatic rings. The molecule has 0 spiro atoms. The van der Waals surface area contributed by atoms with Gasteiger partial charge in [-0.15, -0.1) is 0 Å². The summed E-state index contributed by atoms with van der Waals surface area (Å²) >= 11 is 6.41. The Hall–Kier alpha value is -2.18. The molecule has 0 N–H and O–H groups in total. The second-order valence-corrected chi connectivity index (χ2v) is 7.66. The minimum absolute atomic E-state index is 0.0622. The molecule has 0 aliphatic carbocycles. The SMILES string of the molecule is CCN(CC)C(=O)COC1CCN(c2cc(-c3ncccc3C)c(Cl)cn2)CC1. The molecule has 3 heterocycles.